The maximum atomic E-state index is 12.4. The van der Waals surface area contributed by atoms with Gasteiger partial charge >= 0.3 is 0 Å². The van der Waals surface area contributed by atoms with Crippen LogP contribution in [0, 0.1) is 6.92 Å². The molecule has 2 heterocycles. The fourth-order valence-electron chi connectivity index (χ4n) is 2.40. The average Bonchev–Trinajstić information content (AvgIpc) is 2.53. The third-order valence-corrected chi connectivity index (χ3v) is 3.87. The second kappa shape index (κ2) is 4.69. The van der Waals surface area contributed by atoms with Crippen LogP contribution in [-0.2, 0) is 7.05 Å². The molecule has 1 aliphatic rings. The lowest BCUT2D eigenvalue weighted by Gasteiger charge is -2.33. The molecular weight excluding hydrogens is 238 g/mol. The Bertz CT molecular complexity index is 441. The molecule has 1 aliphatic heterocycles. The maximum Gasteiger partial charge on any atom is 0.273 e. The topological polar surface area (TPSA) is 38.1 Å². The molecular formula is C12H18ClN3O. The Hall–Kier alpha value is -1.03. The molecule has 0 aromatic carbocycles. The van der Waals surface area contributed by atoms with Crippen molar-refractivity contribution in [1.29, 1.82) is 0 Å². The molecule has 0 aliphatic carbocycles. The van der Waals surface area contributed by atoms with Crippen molar-refractivity contribution in [3.8, 4) is 0 Å². The second-order valence-electron chi connectivity index (χ2n) is 4.71. The second-order valence-corrected chi connectivity index (χ2v) is 5.09. The number of halogens is 1. The van der Waals surface area contributed by atoms with Crippen molar-refractivity contribution in [1.82, 2.24) is 14.7 Å². The smallest absolute Gasteiger partial charge is 0.273 e. The predicted molar refractivity (Wildman–Crippen MR) is 67.3 cm³/mol. The summed E-state index contributed by atoms with van der Waals surface area (Å²) in [5.74, 6) is 0.00491. The minimum absolute atomic E-state index is 0.00491. The fourth-order valence-corrected chi connectivity index (χ4v) is 2.64. The number of hydrogen-bond acceptors (Lipinski definition) is 2. The van der Waals surface area contributed by atoms with Gasteiger partial charge < -0.3 is 4.90 Å². The van der Waals surface area contributed by atoms with Gasteiger partial charge in [0.05, 0.1) is 10.7 Å². The Kier molecular flexibility index (Phi) is 3.43. The van der Waals surface area contributed by atoms with Crippen LogP contribution >= 0.6 is 11.6 Å². The first kappa shape index (κ1) is 12.4. The van der Waals surface area contributed by atoms with Crippen molar-refractivity contribution >= 4 is 17.5 Å². The van der Waals surface area contributed by atoms with Crippen molar-refractivity contribution in [3.63, 3.8) is 0 Å². The molecule has 2 rings (SSSR count). The van der Waals surface area contributed by atoms with E-state index >= 15 is 0 Å². The van der Waals surface area contributed by atoms with Gasteiger partial charge in [0.15, 0.2) is 0 Å². The number of aromatic nitrogens is 2. The zero-order valence-corrected chi connectivity index (χ0v) is 11.3. The van der Waals surface area contributed by atoms with E-state index in [-0.39, 0.29) is 5.91 Å². The Morgan fingerprint density at radius 1 is 1.47 bits per heavy atom. The van der Waals surface area contributed by atoms with E-state index in [1.54, 1.807) is 11.7 Å². The number of piperidine rings is 1. The first-order valence-corrected chi connectivity index (χ1v) is 6.40. The SMILES string of the molecule is Cc1nn(C)c(C(=O)N2CCCCC2C)c1Cl. The number of carbonyl (C=O) groups is 1. The summed E-state index contributed by atoms with van der Waals surface area (Å²) in [5, 5.41) is 4.67. The highest BCUT2D eigenvalue weighted by molar-refractivity contribution is 6.34. The molecule has 1 fully saturated rings. The Balaban J connectivity index is 2.30. The third-order valence-electron chi connectivity index (χ3n) is 3.42. The van der Waals surface area contributed by atoms with Gasteiger partial charge in [0.25, 0.3) is 5.91 Å². The van der Waals surface area contributed by atoms with E-state index in [1.807, 2.05) is 11.8 Å². The number of hydrogen-bond donors (Lipinski definition) is 0. The van der Waals surface area contributed by atoms with E-state index in [0.717, 1.165) is 19.4 Å². The molecule has 0 saturated carbocycles. The van der Waals surface area contributed by atoms with Crippen LogP contribution in [0.4, 0.5) is 0 Å². The normalized spacial score (nSPS) is 20.7. The molecule has 1 aromatic heterocycles. The zero-order valence-electron chi connectivity index (χ0n) is 10.5. The standard InChI is InChI=1S/C12H18ClN3O/c1-8-6-4-5-7-16(8)12(17)11-10(13)9(2)14-15(11)3/h8H,4-7H2,1-3H3. The predicted octanol–water partition coefficient (Wildman–Crippen LogP) is 2.40. The number of likely N-dealkylation sites (tertiary alicyclic amines) is 1. The molecule has 0 bridgehead atoms. The van der Waals surface area contributed by atoms with Gasteiger partial charge in [-0.1, -0.05) is 11.6 Å². The van der Waals surface area contributed by atoms with Gasteiger partial charge in [-0.2, -0.15) is 5.10 Å². The number of amides is 1. The van der Waals surface area contributed by atoms with E-state index in [1.165, 1.54) is 6.42 Å². The molecule has 1 atom stereocenters. The van der Waals surface area contributed by atoms with Crippen LogP contribution in [0.3, 0.4) is 0 Å². The number of aryl methyl sites for hydroxylation is 2. The lowest BCUT2D eigenvalue weighted by molar-refractivity contribution is 0.0624. The van der Waals surface area contributed by atoms with E-state index in [2.05, 4.69) is 12.0 Å². The minimum atomic E-state index is 0.00491. The number of rotatable bonds is 1. The van der Waals surface area contributed by atoms with Gasteiger partial charge in [-0.15, -0.1) is 0 Å². The van der Waals surface area contributed by atoms with Gasteiger partial charge in [0, 0.05) is 19.6 Å². The highest BCUT2D eigenvalue weighted by Crippen LogP contribution is 2.24. The third kappa shape index (κ3) is 2.18. The van der Waals surface area contributed by atoms with Crippen molar-refractivity contribution in [3.05, 3.63) is 16.4 Å². The quantitative estimate of drug-likeness (QED) is 0.773. The van der Waals surface area contributed by atoms with Crippen LogP contribution < -0.4 is 0 Å². The summed E-state index contributed by atoms with van der Waals surface area (Å²) in [6, 6.07) is 0.294. The lowest BCUT2D eigenvalue weighted by atomic mass is 10.0. The van der Waals surface area contributed by atoms with Crippen molar-refractivity contribution in [2.45, 2.75) is 39.2 Å². The largest absolute Gasteiger partial charge is 0.335 e. The first-order chi connectivity index (χ1) is 8.02. The highest BCUT2D eigenvalue weighted by Gasteiger charge is 2.28. The maximum absolute atomic E-state index is 12.4. The van der Waals surface area contributed by atoms with Gasteiger partial charge in [0.2, 0.25) is 0 Å². The Labute approximate surface area is 107 Å². The summed E-state index contributed by atoms with van der Waals surface area (Å²) in [6.07, 6.45) is 3.34. The summed E-state index contributed by atoms with van der Waals surface area (Å²) in [5.41, 5.74) is 1.22. The summed E-state index contributed by atoms with van der Waals surface area (Å²) in [4.78, 5) is 14.4. The highest BCUT2D eigenvalue weighted by atomic mass is 35.5. The van der Waals surface area contributed by atoms with Gasteiger partial charge in [-0.05, 0) is 33.1 Å². The number of nitrogens with zero attached hydrogens (tertiary/aromatic N) is 3. The zero-order chi connectivity index (χ0) is 12.6. The molecule has 0 N–H and O–H groups in total. The van der Waals surface area contributed by atoms with Gasteiger partial charge in [0.1, 0.15) is 5.69 Å². The molecule has 1 amide bonds. The molecule has 0 radical (unpaired) electrons. The average molecular weight is 256 g/mol. The first-order valence-electron chi connectivity index (χ1n) is 6.02. The molecule has 1 aromatic rings. The fraction of sp³-hybridized carbons (Fsp3) is 0.667. The van der Waals surface area contributed by atoms with Gasteiger partial charge in [-0.3, -0.25) is 9.48 Å². The molecule has 17 heavy (non-hydrogen) atoms. The van der Waals surface area contributed by atoms with Crippen molar-refractivity contribution in [2.24, 2.45) is 7.05 Å². The molecule has 0 spiro atoms. The summed E-state index contributed by atoms with van der Waals surface area (Å²) < 4.78 is 1.58. The Morgan fingerprint density at radius 3 is 2.71 bits per heavy atom. The summed E-state index contributed by atoms with van der Waals surface area (Å²) in [6.45, 7) is 4.73. The number of carbonyl (C=O) groups excluding carboxylic acids is 1. The van der Waals surface area contributed by atoms with Crippen molar-refractivity contribution < 1.29 is 4.79 Å². The molecule has 1 unspecified atom stereocenters. The molecule has 5 heteroatoms. The van der Waals surface area contributed by atoms with Crippen molar-refractivity contribution in [2.75, 3.05) is 6.54 Å². The summed E-state index contributed by atoms with van der Waals surface area (Å²) >= 11 is 6.15. The van der Waals surface area contributed by atoms with Crippen LogP contribution in [0.25, 0.3) is 0 Å². The van der Waals surface area contributed by atoms with E-state index in [9.17, 15) is 4.79 Å². The van der Waals surface area contributed by atoms with Crippen LogP contribution in [0.2, 0.25) is 5.02 Å². The monoisotopic (exact) mass is 255 g/mol. The molecule has 94 valence electrons. The lowest BCUT2D eigenvalue weighted by Crippen LogP contribution is -2.42. The van der Waals surface area contributed by atoms with Crippen LogP contribution in [-0.4, -0.2) is 33.2 Å². The van der Waals surface area contributed by atoms with E-state index in [0.29, 0.717) is 22.5 Å². The van der Waals surface area contributed by atoms with Crippen LogP contribution in [0.15, 0.2) is 0 Å². The van der Waals surface area contributed by atoms with E-state index < -0.39 is 0 Å². The minimum Gasteiger partial charge on any atom is -0.335 e. The Morgan fingerprint density at radius 2 is 2.18 bits per heavy atom. The molecule has 4 nitrogen and oxygen atoms in total. The van der Waals surface area contributed by atoms with E-state index in [4.69, 9.17) is 11.6 Å². The molecule has 1 saturated heterocycles. The van der Waals surface area contributed by atoms with Crippen LogP contribution in [0.1, 0.15) is 42.4 Å². The summed E-state index contributed by atoms with van der Waals surface area (Å²) in [7, 11) is 1.76. The van der Waals surface area contributed by atoms with Crippen LogP contribution in [0.5, 0.6) is 0 Å². The van der Waals surface area contributed by atoms with Gasteiger partial charge in [-0.25, -0.2) is 0 Å².